The van der Waals surface area contributed by atoms with Gasteiger partial charge in [-0.1, -0.05) is 22.9 Å². The number of rotatable bonds is 7. The Hall–Kier alpha value is -0.580. The van der Waals surface area contributed by atoms with E-state index >= 15 is 0 Å². The lowest BCUT2D eigenvalue weighted by atomic mass is 10.1. The maximum absolute atomic E-state index is 5.58. The van der Waals surface area contributed by atoms with Gasteiger partial charge >= 0.3 is 0 Å². The van der Waals surface area contributed by atoms with E-state index in [4.69, 9.17) is 10.5 Å². The first kappa shape index (κ1) is 14.5. The predicted molar refractivity (Wildman–Crippen MR) is 75.2 cm³/mol. The molecule has 1 atom stereocenters. The van der Waals surface area contributed by atoms with Crippen LogP contribution in [-0.2, 0) is 6.54 Å². The molecule has 0 aliphatic rings. The highest BCUT2D eigenvalue weighted by Gasteiger charge is 2.04. The number of hydrogen-bond donors (Lipinski definition) is 2. The van der Waals surface area contributed by atoms with Gasteiger partial charge in [0.15, 0.2) is 0 Å². The molecular weight excluding hydrogens is 280 g/mol. The fourth-order valence-corrected chi connectivity index (χ4v) is 1.98. The van der Waals surface area contributed by atoms with Gasteiger partial charge in [-0.25, -0.2) is 0 Å². The summed E-state index contributed by atoms with van der Waals surface area (Å²) in [6.07, 6.45) is 1.10. The van der Waals surface area contributed by atoms with Gasteiger partial charge in [-0.2, -0.15) is 0 Å². The van der Waals surface area contributed by atoms with Crippen LogP contribution in [0.3, 0.4) is 0 Å². The first-order chi connectivity index (χ1) is 8.17. The van der Waals surface area contributed by atoms with E-state index in [2.05, 4.69) is 34.2 Å². The Morgan fingerprint density at radius 3 is 2.88 bits per heavy atom. The Kier molecular flexibility index (Phi) is 6.55. The topological polar surface area (TPSA) is 47.3 Å². The van der Waals surface area contributed by atoms with Gasteiger partial charge in [0.1, 0.15) is 5.75 Å². The molecule has 3 N–H and O–H groups in total. The van der Waals surface area contributed by atoms with E-state index in [9.17, 15) is 0 Å². The highest BCUT2D eigenvalue weighted by Crippen LogP contribution is 2.22. The normalized spacial score (nSPS) is 12.5. The maximum Gasteiger partial charge on any atom is 0.123 e. The van der Waals surface area contributed by atoms with Gasteiger partial charge in [-0.3, -0.25) is 0 Å². The van der Waals surface area contributed by atoms with E-state index in [1.165, 1.54) is 5.56 Å². The molecule has 96 valence electrons. The summed E-state index contributed by atoms with van der Waals surface area (Å²) in [4.78, 5) is 0. The minimum atomic E-state index is 0.576. The number of ether oxygens (including phenoxy) is 1. The second-order valence-electron chi connectivity index (χ2n) is 4.26. The average molecular weight is 301 g/mol. The monoisotopic (exact) mass is 300 g/mol. The largest absolute Gasteiger partial charge is 0.496 e. The molecule has 1 unspecified atom stereocenters. The molecule has 0 bridgehead atoms. The number of benzene rings is 1. The van der Waals surface area contributed by atoms with Crippen LogP contribution in [-0.4, -0.2) is 20.2 Å². The number of hydrogen-bond acceptors (Lipinski definition) is 3. The summed E-state index contributed by atoms with van der Waals surface area (Å²) in [5.41, 5.74) is 6.75. The number of halogens is 1. The van der Waals surface area contributed by atoms with Crippen LogP contribution in [0, 0.1) is 5.92 Å². The molecule has 0 heterocycles. The van der Waals surface area contributed by atoms with E-state index in [-0.39, 0.29) is 0 Å². The molecular formula is C13H21BrN2O. The summed E-state index contributed by atoms with van der Waals surface area (Å²) < 4.78 is 6.39. The van der Waals surface area contributed by atoms with Gasteiger partial charge < -0.3 is 15.8 Å². The second-order valence-corrected chi connectivity index (χ2v) is 5.18. The summed E-state index contributed by atoms with van der Waals surface area (Å²) in [5, 5.41) is 3.41. The zero-order valence-corrected chi connectivity index (χ0v) is 12.1. The Balaban J connectivity index is 2.42. The van der Waals surface area contributed by atoms with E-state index < -0.39 is 0 Å². The molecule has 4 heteroatoms. The van der Waals surface area contributed by atoms with Crippen LogP contribution in [0.2, 0.25) is 0 Å². The van der Waals surface area contributed by atoms with Crippen LogP contribution in [0.1, 0.15) is 18.9 Å². The molecule has 1 aromatic rings. The molecule has 0 aliphatic carbocycles. The Morgan fingerprint density at radius 1 is 1.47 bits per heavy atom. The lowest BCUT2D eigenvalue weighted by Gasteiger charge is -2.12. The molecule has 0 fully saturated rings. The lowest BCUT2D eigenvalue weighted by Crippen LogP contribution is -2.20. The van der Waals surface area contributed by atoms with Crippen molar-refractivity contribution in [1.29, 1.82) is 0 Å². The quantitative estimate of drug-likeness (QED) is 0.761. The highest BCUT2D eigenvalue weighted by atomic mass is 79.9. The first-order valence-electron chi connectivity index (χ1n) is 5.90. The van der Waals surface area contributed by atoms with Crippen molar-refractivity contribution >= 4 is 15.9 Å². The van der Waals surface area contributed by atoms with Gasteiger partial charge in [0.05, 0.1) is 7.11 Å². The van der Waals surface area contributed by atoms with Gasteiger partial charge in [0.2, 0.25) is 0 Å². The van der Waals surface area contributed by atoms with Crippen molar-refractivity contribution in [3.8, 4) is 5.75 Å². The highest BCUT2D eigenvalue weighted by molar-refractivity contribution is 9.10. The number of nitrogens with one attached hydrogen (secondary N) is 1. The third-order valence-corrected chi connectivity index (χ3v) is 3.27. The smallest absolute Gasteiger partial charge is 0.123 e. The molecule has 0 aromatic heterocycles. The second kappa shape index (κ2) is 7.69. The molecule has 0 saturated heterocycles. The predicted octanol–water partition coefficient (Wildman–Crippen LogP) is 2.53. The summed E-state index contributed by atoms with van der Waals surface area (Å²) in [6.45, 7) is 4.72. The fourth-order valence-electron chi connectivity index (χ4n) is 1.57. The zero-order chi connectivity index (χ0) is 12.7. The molecule has 1 aromatic carbocycles. The Bertz CT molecular complexity index is 344. The van der Waals surface area contributed by atoms with Crippen LogP contribution >= 0.6 is 15.9 Å². The molecule has 0 radical (unpaired) electrons. The Morgan fingerprint density at radius 2 is 2.24 bits per heavy atom. The summed E-state index contributed by atoms with van der Waals surface area (Å²) in [7, 11) is 1.70. The third-order valence-electron chi connectivity index (χ3n) is 2.77. The molecule has 0 saturated carbocycles. The van der Waals surface area contributed by atoms with Crippen molar-refractivity contribution in [1.82, 2.24) is 5.32 Å². The Labute approximate surface area is 112 Å². The molecule has 0 amide bonds. The third kappa shape index (κ3) is 5.06. The van der Waals surface area contributed by atoms with Crippen LogP contribution in [0.25, 0.3) is 0 Å². The zero-order valence-electron chi connectivity index (χ0n) is 10.5. The van der Waals surface area contributed by atoms with E-state index in [1.807, 2.05) is 12.1 Å². The van der Waals surface area contributed by atoms with Crippen molar-refractivity contribution in [2.75, 3.05) is 20.2 Å². The van der Waals surface area contributed by atoms with Crippen LogP contribution in [0.4, 0.5) is 0 Å². The van der Waals surface area contributed by atoms with Crippen molar-refractivity contribution in [3.05, 3.63) is 28.2 Å². The van der Waals surface area contributed by atoms with E-state index in [1.54, 1.807) is 7.11 Å². The van der Waals surface area contributed by atoms with Crippen LogP contribution in [0.15, 0.2) is 22.7 Å². The molecule has 0 spiro atoms. The summed E-state index contributed by atoms with van der Waals surface area (Å²) >= 11 is 3.47. The molecule has 17 heavy (non-hydrogen) atoms. The van der Waals surface area contributed by atoms with Gasteiger partial charge in [-0.15, -0.1) is 0 Å². The summed E-state index contributed by atoms with van der Waals surface area (Å²) in [5.74, 6) is 1.50. The van der Waals surface area contributed by atoms with Crippen LogP contribution < -0.4 is 15.8 Å². The molecule has 1 rings (SSSR count). The maximum atomic E-state index is 5.58. The lowest BCUT2D eigenvalue weighted by molar-refractivity contribution is 0.406. The van der Waals surface area contributed by atoms with E-state index in [0.717, 1.165) is 36.3 Å². The molecule has 3 nitrogen and oxygen atoms in total. The van der Waals surface area contributed by atoms with Crippen molar-refractivity contribution in [3.63, 3.8) is 0 Å². The SMILES string of the molecule is COc1ccc(Br)cc1CNCCC(C)CN. The van der Waals surface area contributed by atoms with E-state index in [0.29, 0.717) is 5.92 Å². The minimum absolute atomic E-state index is 0.576. The van der Waals surface area contributed by atoms with Gasteiger partial charge in [0, 0.05) is 16.6 Å². The minimum Gasteiger partial charge on any atom is -0.496 e. The van der Waals surface area contributed by atoms with Crippen LogP contribution in [0.5, 0.6) is 5.75 Å². The first-order valence-corrected chi connectivity index (χ1v) is 6.70. The van der Waals surface area contributed by atoms with Gasteiger partial charge in [-0.05, 0) is 43.6 Å². The summed E-state index contributed by atoms with van der Waals surface area (Å²) in [6, 6.07) is 6.04. The van der Waals surface area contributed by atoms with Crippen molar-refractivity contribution in [2.45, 2.75) is 19.9 Å². The van der Waals surface area contributed by atoms with Gasteiger partial charge in [0.25, 0.3) is 0 Å². The average Bonchev–Trinajstić information content (AvgIpc) is 2.34. The molecule has 0 aliphatic heterocycles. The number of methoxy groups -OCH3 is 1. The standard InChI is InChI=1S/C13H21BrN2O/c1-10(8-15)5-6-16-9-11-7-12(14)3-4-13(11)17-2/h3-4,7,10,16H,5-6,8-9,15H2,1-2H3. The fraction of sp³-hybridized carbons (Fsp3) is 0.538. The van der Waals surface area contributed by atoms with Crippen molar-refractivity contribution in [2.24, 2.45) is 11.7 Å². The van der Waals surface area contributed by atoms with Crippen molar-refractivity contribution < 1.29 is 4.74 Å². The number of nitrogens with two attached hydrogens (primary N) is 1.